The molecule has 2 saturated heterocycles. The van der Waals surface area contributed by atoms with E-state index in [2.05, 4.69) is 0 Å². The van der Waals surface area contributed by atoms with Crippen molar-refractivity contribution in [1.29, 1.82) is 0 Å². The monoisotopic (exact) mass is 252 g/mol. The van der Waals surface area contributed by atoms with Crippen molar-refractivity contribution in [1.82, 2.24) is 0 Å². The lowest BCUT2D eigenvalue weighted by Crippen LogP contribution is -2.47. The van der Waals surface area contributed by atoms with Crippen molar-refractivity contribution in [3.8, 4) is 0 Å². The summed E-state index contributed by atoms with van der Waals surface area (Å²) in [6, 6.07) is 9.76. The second kappa shape index (κ2) is 4.95. The first-order valence-electron chi connectivity index (χ1n) is 6.05. The van der Waals surface area contributed by atoms with Crippen molar-refractivity contribution in [2.24, 2.45) is 0 Å². The predicted octanol–water partition coefficient (Wildman–Crippen LogP) is 0.0487. The van der Waals surface area contributed by atoms with E-state index < -0.39 is 18.5 Å². The maximum Gasteiger partial charge on any atom is 0.187 e. The molecule has 3 rings (SSSR count). The van der Waals surface area contributed by atoms with Gasteiger partial charge in [0.1, 0.15) is 24.4 Å². The Morgan fingerprint density at radius 1 is 1.11 bits per heavy atom. The fourth-order valence-corrected chi connectivity index (χ4v) is 2.21. The lowest BCUT2D eigenvalue weighted by Gasteiger charge is -2.29. The Morgan fingerprint density at radius 2 is 1.89 bits per heavy atom. The Hall–Kier alpha value is -0.980. The van der Waals surface area contributed by atoms with Crippen molar-refractivity contribution >= 4 is 0 Å². The van der Waals surface area contributed by atoms with Gasteiger partial charge >= 0.3 is 0 Å². The van der Waals surface area contributed by atoms with E-state index in [1.165, 1.54) is 0 Å². The van der Waals surface area contributed by atoms with Crippen LogP contribution < -0.4 is 0 Å². The van der Waals surface area contributed by atoms with Crippen LogP contribution in [0.2, 0.25) is 0 Å². The first kappa shape index (κ1) is 12.1. The van der Waals surface area contributed by atoms with Crippen LogP contribution in [0.15, 0.2) is 30.3 Å². The summed E-state index contributed by atoms with van der Waals surface area (Å²) in [7, 11) is 0. The minimum Gasteiger partial charge on any atom is -0.394 e. The van der Waals surface area contributed by atoms with Gasteiger partial charge in [-0.2, -0.15) is 0 Å². The zero-order valence-corrected chi connectivity index (χ0v) is 9.81. The number of aliphatic hydroxyl groups is 2. The van der Waals surface area contributed by atoms with Gasteiger partial charge in [0.05, 0.1) is 13.2 Å². The van der Waals surface area contributed by atoms with Gasteiger partial charge in [-0.05, 0) is 5.56 Å². The Balaban J connectivity index is 1.57. The van der Waals surface area contributed by atoms with Crippen LogP contribution in [0.25, 0.3) is 0 Å². The molecule has 0 saturated carbocycles. The molecule has 2 fully saturated rings. The van der Waals surface area contributed by atoms with Gasteiger partial charge in [0.25, 0.3) is 0 Å². The van der Waals surface area contributed by atoms with Gasteiger partial charge in [0.2, 0.25) is 0 Å². The summed E-state index contributed by atoms with van der Waals surface area (Å²) >= 11 is 0. The molecule has 2 aliphatic heterocycles. The maximum atomic E-state index is 9.72. The molecule has 5 nitrogen and oxygen atoms in total. The van der Waals surface area contributed by atoms with Crippen molar-refractivity contribution < 1.29 is 24.4 Å². The molecular weight excluding hydrogens is 236 g/mol. The highest BCUT2D eigenvalue weighted by atomic mass is 16.7. The topological polar surface area (TPSA) is 71.5 Å². The summed E-state index contributed by atoms with van der Waals surface area (Å²) in [5, 5.41) is 18.8. The van der Waals surface area contributed by atoms with Crippen molar-refractivity contribution in [2.45, 2.75) is 37.3 Å². The van der Waals surface area contributed by atoms with Crippen LogP contribution in [0, 0.1) is 0 Å². The maximum absolute atomic E-state index is 9.72. The Bertz CT molecular complexity index is 396. The molecule has 98 valence electrons. The highest BCUT2D eigenvalue weighted by molar-refractivity contribution is 5.13. The van der Waals surface area contributed by atoms with Crippen LogP contribution in [0.3, 0.4) is 0 Å². The molecule has 1 aromatic rings. The van der Waals surface area contributed by atoms with E-state index in [1.54, 1.807) is 0 Å². The fourth-order valence-electron chi connectivity index (χ4n) is 2.21. The summed E-state index contributed by atoms with van der Waals surface area (Å²) in [6.45, 7) is 0.186. The molecule has 0 aromatic heterocycles. The quantitative estimate of drug-likeness (QED) is 0.741. The lowest BCUT2D eigenvalue weighted by atomic mass is 10.1. The minimum atomic E-state index is -0.767. The third-order valence-corrected chi connectivity index (χ3v) is 3.29. The number of benzene rings is 1. The highest BCUT2D eigenvalue weighted by Crippen LogP contribution is 2.38. The molecule has 0 aliphatic carbocycles. The molecule has 1 aromatic carbocycles. The average molecular weight is 252 g/mol. The first-order chi connectivity index (χ1) is 8.79. The number of hydrogen-bond donors (Lipinski definition) is 2. The van der Waals surface area contributed by atoms with E-state index in [0.29, 0.717) is 6.61 Å². The van der Waals surface area contributed by atoms with Crippen molar-refractivity contribution in [3.63, 3.8) is 0 Å². The number of fused-ring (bicyclic) bond motifs is 1. The largest absolute Gasteiger partial charge is 0.394 e. The van der Waals surface area contributed by atoms with E-state index in [4.69, 9.17) is 19.3 Å². The summed E-state index contributed by atoms with van der Waals surface area (Å²) in [6.07, 6.45) is -2.40. The van der Waals surface area contributed by atoms with Crippen molar-refractivity contribution in [2.75, 3.05) is 6.61 Å². The molecule has 2 heterocycles. The van der Waals surface area contributed by atoms with Crippen molar-refractivity contribution in [3.05, 3.63) is 35.9 Å². The molecular formula is C13H16O5. The van der Waals surface area contributed by atoms with Gasteiger partial charge in [-0.3, -0.25) is 0 Å². The summed E-state index contributed by atoms with van der Waals surface area (Å²) < 4.78 is 16.4. The van der Waals surface area contributed by atoms with Gasteiger partial charge in [0, 0.05) is 0 Å². The van der Waals surface area contributed by atoms with E-state index in [1.807, 2.05) is 30.3 Å². The van der Waals surface area contributed by atoms with Crippen LogP contribution in [0.1, 0.15) is 5.56 Å². The molecule has 0 bridgehead atoms. The zero-order chi connectivity index (χ0) is 12.5. The molecule has 2 N–H and O–H groups in total. The number of epoxide rings is 1. The molecule has 0 spiro atoms. The molecule has 0 radical (unpaired) electrons. The van der Waals surface area contributed by atoms with Gasteiger partial charge < -0.3 is 24.4 Å². The molecule has 5 heteroatoms. The SMILES string of the molecule is OC[C@H]1OC(OCc2ccccc2)[C@H]2O[C@H]2[C@@H]1O. The third kappa shape index (κ3) is 2.28. The lowest BCUT2D eigenvalue weighted by molar-refractivity contribution is -0.222. The average Bonchev–Trinajstić information content (AvgIpc) is 3.20. The third-order valence-electron chi connectivity index (χ3n) is 3.29. The van der Waals surface area contributed by atoms with Gasteiger partial charge in [-0.25, -0.2) is 0 Å². The molecule has 18 heavy (non-hydrogen) atoms. The molecule has 0 amide bonds. The second-order valence-corrected chi connectivity index (χ2v) is 4.58. The van der Waals surface area contributed by atoms with Crippen LogP contribution >= 0.6 is 0 Å². The molecule has 2 aliphatic rings. The summed E-state index contributed by atoms with van der Waals surface area (Å²) in [5.74, 6) is 0. The molecule has 5 atom stereocenters. The van der Waals surface area contributed by atoms with Gasteiger partial charge in [0.15, 0.2) is 6.29 Å². The predicted molar refractivity (Wildman–Crippen MR) is 61.6 cm³/mol. The highest BCUT2D eigenvalue weighted by Gasteiger charge is 2.57. The molecule has 1 unspecified atom stereocenters. The van der Waals surface area contributed by atoms with Gasteiger partial charge in [-0.1, -0.05) is 30.3 Å². The first-order valence-corrected chi connectivity index (χ1v) is 6.05. The minimum absolute atomic E-state index is 0.216. The Kier molecular flexibility index (Phi) is 3.32. The van der Waals surface area contributed by atoms with Crippen LogP contribution in [-0.2, 0) is 20.8 Å². The van der Waals surface area contributed by atoms with Crippen LogP contribution in [-0.4, -0.2) is 47.5 Å². The van der Waals surface area contributed by atoms with Crippen LogP contribution in [0.4, 0.5) is 0 Å². The number of hydrogen-bond acceptors (Lipinski definition) is 5. The van der Waals surface area contributed by atoms with Gasteiger partial charge in [-0.15, -0.1) is 0 Å². The Morgan fingerprint density at radius 3 is 2.61 bits per heavy atom. The second-order valence-electron chi connectivity index (χ2n) is 4.58. The summed E-state index contributed by atoms with van der Waals surface area (Å²) in [4.78, 5) is 0. The fraction of sp³-hybridized carbons (Fsp3) is 0.538. The van der Waals surface area contributed by atoms with E-state index in [0.717, 1.165) is 5.56 Å². The Labute approximate surface area is 105 Å². The van der Waals surface area contributed by atoms with Crippen LogP contribution in [0.5, 0.6) is 0 Å². The van der Waals surface area contributed by atoms with E-state index >= 15 is 0 Å². The number of aliphatic hydroxyl groups excluding tert-OH is 2. The number of ether oxygens (including phenoxy) is 3. The smallest absolute Gasteiger partial charge is 0.187 e. The standard InChI is InChI=1S/C13H16O5/c14-6-9-10(15)11-12(18-11)13(17-9)16-7-8-4-2-1-3-5-8/h1-5,9-15H,6-7H2/t9-,10-,11+,12+,13?/m1/s1. The number of rotatable bonds is 4. The zero-order valence-electron chi connectivity index (χ0n) is 9.81. The normalized spacial score (nSPS) is 38.2. The van der Waals surface area contributed by atoms with E-state index in [-0.39, 0.29) is 18.8 Å². The summed E-state index contributed by atoms with van der Waals surface area (Å²) in [5.41, 5.74) is 1.05. The van der Waals surface area contributed by atoms with E-state index in [9.17, 15) is 5.11 Å².